The average molecular weight is 376 g/mol. The molecule has 4 rings (SSSR count). The first kappa shape index (κ1) is 17.8. The fraction of sp³-hybridized carbons (Fsp3) is 0.208. The summed E-state index contributed by atoms with van der Waals surface area (Å²) in [4.78, 5) is 15.3. The smallest absolute Gasteiger partial charge is 0.226 e. The van der Waals surface area contributed by atoms with Crippen LogP contribution in [0.25, 0.3) is 0 Å². The predicted octanol–water partition coefficient (Wildman–Crippen LogP) is 5.87. The molecule has 0 heterocycles. The van der Waals surface area contributed by atoms with Gasteiger partial charge >= 0.3 is 0 Å². The minimum absolute atomic E-state index is 0.101. The van der Waals surface area contributed by atoms with Crippen LogP contribution in [0.4, 0.5) is 0 Å². The number of hydrogen-bond acceptors (Lipinski definition) is 1. The summed E-state index contributed by atoms with van der Waals surface area (Å²) in [6.45, 7) is 0.570. The number of nitrogens with zero attached hydrogens (tertiary/aromatic N) is 1. The molecule has 0 aromatic heterocycles. The molecule has 0 N–H and O–H groups in total. The molecular formula is C24H22ClNO. The Balaban J connectivity index is 1.76. The molecule has 1 fully saturated rings. The van der Waals surface area contributed by atoms with E-state index in [1.807, 2.05) is 65.6 Å². The minimum Gasteiger partial charge on any atom is -0.327 e. The van der Waals surface area contributed by atoms with Gasteiger partial charge in [-0.2, -0.15) is 0 Å². The maximum Gasteiger partial charge on any atom is 0.226 e. The van der Waals surface area contributed by atoms with Crippen LogP contribution in [0.15, 0.2) is 84.9 Å². The Morgan fingerprint density at radius 3 is 1.85 bits per heavy atom. The summed E-state index contributed by atoms with van der Waals surface area (Å²) < 4.78 is 0. The Morgan fingerprint density at radius 1 is 0.852 bits per heavy atom. The zero-order chi connectivity index (χ0) is 18.6. The van der Waals surface area contributed by atoms with Crippen LogP contribution >= 0.6 is 11.6 Å². The van der Waals surface area contributed by atoms with E-state index in [4.69, 9.17) is 11.6 Å². The fourth-order valence-electron chi connectivity index (χ4n) is 3.47. The van der Waals surface area contributed by atoms with Gasteiger partial charge in [0.2, 0.25) is 5.91 Å². The molecule has 0 unspecified atom stereocenters. The third-order valence-electron chi connectivity index (χ3n) is 5.02. The molecule has 0 spiro atoms. The Hall–Kier alpha value is -2.58. The lowest BCUT2D eigenvalue weighted by atomic mass is 9.96. The molecular weight excluding hydrogens is 354 g/mol. The molecule has 3 aromatic carbocycles. The van der Waals surface area contributed by atoms with Crippen molar-refractivity contribution in [3.63, 3.8) is 0 Å². The summed E-state index contributed by atoms with van der Waals surface area (Å²) >= 11 is 6.04. The van der Waals surface area contributed by atoms with Crippen molar-refractivity contribution < 1.29 is 4.79 Å². The number of carbonyl (C=O) groups is 1. The lowest BCUT2D eigenvalue weighted by Gasteiger charge is -2.33. The number of rotatable bonds is 6. The number of amides is 1. The minimum atomic E-state index is -0.101. The molecule has 2 nitrogen and oxygen atoms in total. The average Bonchev–Trinajstić information content (AvgIpc) is 3.56. The maximum atomic E-state index is 13.3. The van der Waals surface area contributed by atoms with E-state index in [0.29, 0.717) is 11.6 Å². The van der Waals surface area contributed by atoms with Gasteiger partial charge in [-0.3, -0.25) is 4.79 Å². The van der Waals surface area contributed by atoms with Gasteiger partial charge in [0.05, 0.1) is 6.04 Å². The first-order chi connectivity index (χ1) is 13.2. The molecule has 3 aromatic rings. The topological polar surface area (TPSA) is 20.3 Å². The number of halogens is 1. The van der Waals surface area contributed by atoms with Crippen molar-refractivity contribution >= 4 is 17.5 Å². The van der Waals surface area contributed by atoms with Crippen LogP contribution in [0.5, 0.6) is 0 Å². The summed E-state index contributed by atoms with van der Waals surface area (Å²) in [6.07, 6.45) is 1.98. The molecule has 1 aliphatic rings. The third kappa shape index (κ3) is 4.23. The quantitative estimate of drug-likeness (QED) is 0.527. The molecule has 1 amide bonds. The van der Waals surface area contributed by atoms with Gasteiger partial charge in [-0.1, -0.05) is 84.4 Å². The van der Waals surface area contributed by atoms with Gasteiger partial charge in [-0.05, 0) is 41.7 Å². The molecule has 0 aliphatic heterocycles. The lowest BCUT2D eigenvalue weighted by molar-refractivity contribution is -0.135. The fourth-order valence-corrected chi connectivity index (χ4v) is 3.60. The van der Waals surface area contributed by atoms with Gasteiger partial charge in [0, 0.05) is 17.5 Å². The van der Waals surface area contributed by atoms with E-state index >= 15 is 0 Å². The Morgan fingerprint density at radius 2 is 1.37 bits per heavy atom. The SMILES string of the molecule is O=C(C1CC1)N(Cc1ccc(Cl)cc1)C(c1ccccc1)c1ccccc1. The molecule has 0 saturated heterocycles. The van der Waals surface area contributed by atoms with Crippen LogP contribution < -0.4 is 0 Å². The van der Waals surface area contributed by atoms with Gasteiger partial charge in [0.15, 0.2) is 0 Å². The maximum absolute atomic E-state index is 13.3. The molecule has 0 radical (unpaired) electrons. The van der Waals surface area contributed by atoms with Gasteiger partial charge in [-0.25, -0.2) is 0 Å². The summed E-state index contributed by atoms with van der Waals surface area (Å²) in [5.41, 5.74) is 3.35. The van der Waals surface area contributed by atoms with Crippen molar-refractivity contribution in [3.8, 4) is 0 Å². The van der Waals surface area contributed by atoms with Crippen LogP contribution in [0.3, 0.4) is 0 Å². The second kappa shape index (κ2) is 7.98. The van der Waals surface area contributed by atoms with Crippen molar-refractivity contribution in [2.75, 3.05) is 0 Å². The van der Waals surface area contributed by atoms with E-state index in [2.05, 4.69) is 24.3 Å². The summed E-state index contributed by atoms with van der Waals surface area (Å²) in [6, 6.07) is 28.3. The predicted molar refractivity (Wildman–Crippen MR) is 109 cm³/mol. The zero-order valence-corrected chi connectivity index (χ0v) is 15.8. The summed E-state index contributed by atoms with van der Waals surface area (Å²) in [7, 11) is 0. The molecule has 1 aliphatic carbocycles. The molecule has 0 atom stereocenters. The first-order valence-corrected chi connectivity index (χ1v) is 9.75. The highest BCUT2D eigenvalue weighted by Gasteiger charge is 2.37. The molecule has 0 bridgehead atoms. The van der Waals surface area contributed by atoms with Crippen LogP contribution in [-0.2, 0) is 11.3 Å². The number of benzene rings is 3. The molecule has 1 saturated carbocycles. The van der Waals surface area contributed by atoms with Crippen molar-refractivity contribution in [2.45, 2.75) is 25.4 Å². The van der Waals surface area contributed by atoms with Crippen LogP contribution in [0, 0.1) is 5.92 Å². The largest absolute Gasteiger partial charge is 0.327 e. The van der Waals surface area contributed by atoms with Crippen molar-refractivity contribution in [1.29, 1.82) is 0 Å². The van der Waals surface area contributed by atoms with E-state index in [9.17, 15) is 4.79 Å². The second-order valence-electron chi connectivity index (χ2n) is 7.09. The van der Waals surface area contributed by atoms with Gasteiger partial charge < -0.3 is 4.90 Å². The molecule has 136 valence electrons. The van der Waals surface area contributed by atoms with Crippen LogP contribution in [-0.4, -0.2) is 10.8 Å². The lowest BCUT2D eigenvalue weighted by Crippen LogP contribution is -2.36. The first-order valence-electron chi connectivity index (χ1n) is 9.37. The zero-order valence-electron chi connectivity index (χ0n) is 15.1. The Labute approximate surface area is 165 Å². The highest BCUT2D eigenvalue weighted by molar-refractivity contribution is 6.30. The van der Waals surface area contributed by atoms with E-state index in [1.165, 1.54) is 0 Å². The molecule has 27 heavy (non-hydrogen) atoms. The second-order valence-corrected chi connectivity index (χ2v) is 7.53. The number of carbonyl (C=O) groups excluding carboxylic acids is 1. The van der Waals surface area contributed by atoms with E-state index in [-0.39, 0.29) is 17.9 Å². The standard InChI is InChI=1S/C24H22ClNO/c25-22-15-11-18(12-16-22)17-26(24(27)21-13-14-21)23(19-7-3-1-4-8-19)20-9-5-2-6-10-20/h1-12,15-16,21,23H,13-14,17H2. The van der Waals surface area contributed by atoms with Crippen molar-refractivity contribution in [3.05, 3.63) is 107 Å². The van der Waals surface area contributed by atoms with E-state index in [0.717, 1.165) is 29.5 Å². The monoisotopic (exact) mass is 375 g/mol. The Kier molecular flexibility index (Phi) is 5.26. The highest BCUT2D eigenvalue weighted by Crippen LogP contribution is 2.37. The number of hydrogen-bond donors (Lipinski definition) is 0. The van der Waals surface area contributed by atoms with Crippen molar-refractivity contribution in [2.24, 2.45) is 5.92 Å². The third-order valence-corrected chi connectivity index (χ3v) is 5.27. The Bertz CT molecular complexity index is 849. The van der Waals surface area contributed by atoms with Gasteiger partial charge in [-0.15, -0.1) is 0 Å². The molecule has 3 heteroatoms. The normalized spacial score (nSPS) is 13.6. The van der Waals surface area contributed by atoms with Gasteiger partial charge in [0.1, 0.15) is 0 Å². The summed E-state index contributed by atoms with van der Waals surface area (Å²) in [5, 5.41) is 0.710. The van der Waals surface area contributed by atoms with Crippen LogP contribution in [0.2, 0.25) is 5.02 Å². The van der Waals surface area contributed by atoms with E-state index < -0.39 is 0 Å². The summed E-state index contributed by atoms with van der Waals surface area (Å²) in [5.74, 6) is 0.398. The van der Waals surface area contributed by atoms with E-state index in [1.54, 1.807) is 0 Å². The van der Waals surface area contributed by atoms with Gasteiger partial charge in [0.25, 0.3) is 0 Å². The highest BCUT2D eigenvalue weighted by atomic mass is 35.5. The van der Waals surface area contributed by atoms with Crippen molar-refractivity contribution in [1.82, 2.24) is 4.90 Å². The van der Waals surface area contributed by atoms with Crippen LogP contribution in [0.1, 0.15) is 35.6 Å².